The maximum Gasteiger partial charge on any atom is 0.255 e. The Morgan fingerprint density at radius 1 is 1.17 bits per heavy atom. The predicted octanol–water partition coefficient (Wildman–Crippen LogP) is 2.70. The molecule has 7 nitrogen and oxygen atoms in total. The Morgan fingerprint density at radius 2 is 1.90 bits per heavy atom. The van der Waals surface area contributed by atoms with Crippen LogP contribution in [-0.2, 0) is 4.79 Å². The average Bonchev–Trinajstić information content (AvgIpc) is 3.13. The first-order valence-corrected chi connectivity index (χ1v) is 8.87. The third-order valence-electron chi connectivity index (χ3n) is 4.36. The van der Waals surface area contributed by atoms with E-state index in [0.29, 0.717) is 27.9 Å². The molecule has 0 radical (unpaired) electrons. The van der Waals surface area contributed by atoms with E-state index in [2.05, 4.69) is 15.5 Å². The third-order valence-corrected chi connectivity index (χ3v) is 4.36. The molecule has 2 amide bonds. The minimum absolute atomic E-state index is 0.115. The summed E-state index contributed by atoms with van der Waals surface area (Å²) in [6.07, 6.45) is 3.58. The van der Waals surface area contributed by atoms with Crippen LogP contribution >= 0.6 is 0 Å². The standard InChI is InChI=1S/C21H21FN4O3/c1-26(2)18(27)12-23-21(28)15-9-11-17-19(20(15)29-3)16(24-25-17)10-6-13-4-7-14(22)8-5-13/h4-11H,12H2,1-3H3,(H,23,28)(H,24,25)/b10-6+. The first kappa shape index (κ1) is 20.1. The molecule has 8 heteroatoms. The molecule has 1 heterocycles. The Labute approximate surface area is 167 Å². The largest absolute Gasteiger partial charge is 0.495 e. The molecule has 0 aliphatic rings. The number of aromatic amines is 1. The van der Waals surface area contributed by atoms with Gasteiger partial charge in [-0.2, -0.15) is 5.10 Å². The SMILES string of the molecule is COc1c(C(=O)NCC(=O)N(C)C)ccc2n[nH]c(/C=C/c3ccc(F)cc3)c12. The second kappa shape index (κ2) is 8.55. The van der Waals surface area contributed by atoms with Crippen molar-refractivity contribution in [2.75, 3.05) is 27.7 Å². The lowest BCUT2D eigenvalue weighted by Gasteiger charge is -2.13. The van der Waals surface area contributed by atoms with Gasteiger partial charge in [-0.1, -0.05) is 18.2 Å². The van der Waals surface area contributed by atoms with Gasteiger partial charge in [0.1, 0.15) is 11.6 Å². The van der Waals surface area contributed by atoms with Crippen molar-refractivity contribution in [1.29, 1.82) is 0 Å². The molecule has 3 aromatic rings. The summed E-state index contributed by atoms with van der Waals surface area (Å²) in [6.45, 7) is -0.115. The van der Waals surface area contributed by atoms with Gasteiger partial charge in [0.05, 0.1) is 35.8 Å². The second-order valence-electron chi connectivity index (χ2n) is 6.53. The molecule has 2 aromatic carbocycles. The predicted molar refractivity (Wildman–Crippen MR) is 109 cm³/mol. The van der Waals surface area contributed by atoms with Crippen LogP contribution in [0.2, 0.25) is 0 Å². The van der Waals surface area contributed by atoms with Gasteiger partial charge in [-0.05, 0) is 35.9 Å². The van der Waals surface area contributed by atoms with Gasteiger partial charge in [-0.15, -0.1) is 0 Å². The number of H-pyrrole nitrogens is 1. The topological polar surface area (TPSA) is 87.3 Å². The van der Waals surface area contributed by atoms with Crippen molar-refractivity contribution in [2.45, 2.75) is 0 Å². The van der Waals surface area contributed by atoms with E-state index in [-0.39, 0.29) is 18.3 Å². The van der Waals surface area contributed by atoms with Crippen LogP contribution in [0.25, 0.3) is 23.1 Å². The van der Waals surface area contributed by atoms with Crippen LogP contribution < -0.4 is 10.1 Å². The van der Waals surface area contributed by atoms with Gasteiger partial charge < -0.3 is 15.0 Å². The summed E-state index contributed by atoms with van der Waals surface area (Å²) in [6, 6.07) is 9.37. The fourth-order valence-corrected chi connectivity index (χ4v) is 2.78. The van der Waals surface area contributed by atoms with Crippen LogP contribution in [0.4, 0.5) is 4.39 Å². The summed E-state index contributed by atoms with van der Waals surface area (Å²) in [7, 11) is 4.70. The molecule has 3 rings (SSSR count). The lowest BCUT2D eigenvalue weighted by Crippen LogP contribution is -2.36. The van der Waals surface area contributed by atoms with Crippen LogP contribution in [-0.4, -0.2) is 54.7 Å². The van der Waals surface area contributed by atoms with Crippen molar-refractivity contribution < 1.29 is 18.7 Å². The summed E-state index contributed by atoms with van der Waals surface area (Å²) in [5.74, 6) is -0.595. The van der Waals surface area contributed by atoms with E-state index in [0.717, 1.165) is 5.56 Å². The smallest absolute Gasteiger partial charge is 0.255 e. The Hall–Kier alpha value is -3.68. The summed E-state index contributed by atoms with van der Waals surface area (Å²) < 4.78 is 18.6. The molecule has 0 atom stereocenters. The van der Waals surface area contributed by atoms with E-state index in [1.54, 1.807) is 50.5 Å². The molecule has 29 heavy (non-hydrogen) atoms. The number of benzene rings is 2. The molecule has 0 aliphatic carbocycles. The number of fused-ring (bicyclic) bond motifs is 1. The number of carbonyl (C=O) groups is 2. The maximum atomic E-state index is 13.1. The van der Waals surface area contributed by atoms with Gasteiger partial charge in [0.2, 0.25) is 5.91 Å². The number of carbonyl (C=O) groups excluding carboxylic acids is 2. The summed E-state index contributed by atoms with van der Waals surface area (Å²) in [4.78, 5) is 25.7. The van der Waals surface area contributed by atoms with Gasteiger partial charge in [-0.25, -0.2) is 4.39 Å². The normalized spacial score (nSPS) is 11.0. The highest BCUT2D eigenvalue weighted by molar-refractivity contribution is 6.06. The molecule has 0 bridgehead atoms. The summed E-state index contributed by atoms with van der Waals surface area (Å²) >= 11 is 0. The first-order chi connectivity index (χ1) is 13.9. The number of methoxy groups -OCH3 is 1. The van der Waals surface area contributed by atoms with Crippen molar-refractivity contribution in [3.05, 3.63) is 59.0 Å². The minimum atomic E-state index is -0.423. The molecule has 0 fully saturated rings. The van der Waals surface area contributed by atoms with E-state index in [1.807, 2.05) is 0 Å². The highest BCUT2D eigenvalue weighted by Crippen LogP contribution is 2.32. The van der Waals surface area contributed by atoms with Gasteiger partial charge in [0, 0.05) is 14.1 Å². The van der Waals surface area contributed by atoms with Crippen LogP contribution in [0.15, 0.2) is 36.4 Å². The first-order valence-electron chi connectivity index (χ1n) is 8.87. The van der Waals surface area contributed by atoms with Crippen molar-refractivity contribution >= 4 is 34.9 Å². The maximum absolute atomic E-state index is 13.1. The van der Waals surface area contributed by atoms with Crippen LogP contribution in [0.5, 0.6) is 5.75 Å². The van der Waals surface area contributed by atoms with Crippen LogP contribution in [0.1, 0.15) is 21.6 Å². The van der Waals surface area contributed by atoms with Crippen molar-refractivity contribution in [3.8, 4) is 5.75 Å². The Kier molecular flexibility index (Phi) is 5.92. The molecule has 2 N–H and O–H groups in total. The van der Waals surface area contributed by atoms with Crippen molar-refractivity contribution in [2.24, 2.45) is 0 Å². The third kappa shape index (κ3) is 4.43. The van der Waals surface area contributed by atoms with Crippen molar-refractivity contribution in [1.82, 2.24) is 20.4 Å². The Morgan fingerprint density at radius 3 is 2.55 bits per heavy atom. The molecule has 0 spiro atoms. The van der Waals surface area contributed by atoms with Gasteiger partial charge in [0.15, 0.2) is 0 Å². The second-order valence-corrected chi connectivity index (χ2v) is 6.53. The fraction of sp³-hybridized carbons (Fsp3) is 0.190. The Bertz CT molecular complexity index is 1070. The van der Waals surface area contributed by atoms with Crippen molar-refractivity contribution in [3.63, 3.8) is 0 Å². The number of nitrogens with one attached hydrogen (secondary N) is 2. The fourth-order valence-electron chi connectivity index (χ4n) is 2.78. The van der Waals surface area contributed by atoms with Gasteiger partial charge >= 0.3 is 0 Å². The van der Waals surface area contributed by atoms with E-state index < -0.39 is 5.91 Å². The van der Waals surface area contributed by atoms with Gasteiger partial charge in [-0.3, -0.25) is 14.7 Å². The zero-order valence-corrected chi connectivity index (χ0v) is 16.3. The number of nitrogens with zero attached hydrogens (tertiary/aromatic N) is 2. The van der Waals surface area contributed by atoms with Gasteiger partial charge in [0.25, 0.3) is 5.91 Å². The quantitative estimate of drug-likeness (QED) is 0.671. The number of hydrogen-bond donors (Lipinski definition) is 2. The molecule has 0 unspecified atom stereocenters. The molecule has 1 aromatic heterocycles. The lowest BCUT2D eigenvalue weighted by atomic mass is 10.1. The number of ether oxygens (including phenoxy) is 1. The zero-order valence-electron chi connectivity index (χ0n) is 16.3. The molecule has 150 valence electrons. The number of hydrogen-bond acceptors (Lipinski definition) is 4. The number of amides is 2. The molecule has 0 saturated heterocycles. The van der Waals surface area contributed by atoms with E-state index in [1.165, 1.54) is 24.1 Å². The molecule has 0 aliphatic heterocycles. The number of aromatic nitrogens is 2. The zero-order chi connectivity index (χ0) is 21.0. The number of halogens is 1. The average molecular weight is 396 g/mol. The number of rotatable bonds is 6. The van der Waals surface area contributed by atoms with E-state index in [9.17, 15) is 14.0 Å². The van der Waals surface area contributed by atoms with Crippen LogP contribution in [0, 0.1) is 5.82 Å². The summed E-state index contributed by atoms with van der Waals surface area (Å²) in [5, 5.41) is 10.4. The lowest BCUT2D eigenvalue weighted by molar-refractivity contribution is -0.127. The Balaban J connectivity index is 1.93. The molecule has 0 saturated carbocycles. The highest BCUT2D eigenvalue weighted by Gasteiger charge is 2.19. The minimum Gasteiger partial charge on any atom is -0.495 e. The highest BCUT2D eigenvalue weighted by atomic mass is 19.1. The molecular weight excluding hydrogens is 375 g/mol. The van der Waals surface area contributed by atoms with E-state index in [4.69, 9.17) is 4.74 Å². The molecular formula is C21H21FN4O3. The summed E-state index contributed by atoms with van der Waals surface area (Å²) in [5.41, 5.74) is 2.37. The van der Waals surface area contributed by atoms with Crippen LogP contribution in [0.3, 0.4) is 0 Å². The monoisotopic (exact) mass is 396 g/mol. The number of likely N-dealkylation sites (N-methyl/N-ethyl adjacent to an activating group) is 1. The van der Waals surface area contributed by atoms with E-state index >= 15 is 0 Å².